The van der Waals surface area contributed by atoms with Gasteiger partial charge in [-0.05, 0) is 48.7 Å². The summed E-state index contributed by atoms with van der Waals surface area (Å²) < 4.78 is 0. The van der Waals surface area contributed by atoms with Gasteiger partial charge in [0.05, 0.1) is 26.2 Å². The van der Waals surface area contributed by atoms with E-state index >= 15 is 0 Å². The molecule has 0 aromatic heterocycles. The number of nitrogens with one attached hydrogen (secondary N) is 1. The van der Waals surface area contributed by atoms with Gasteiger partial charge < -0.3 is 14.7 Å². The first-order chi connectivity index (χ1) is 14.6. The molecule has 5 heteroatoms. The summed E-state index contributed by atoms with van der Waals surface area (Å²) in [4.78, 5) is 29.9. The largest absolute Gasteiger partial charge is 0.360 e. The normalized spacial score (nSPS) is 17.6. The third-order valence-corrected chi connectivity index (χ3v) is 6.22. The van der Waals surface area contributed by atoms with Crippen LogP contribution in [0, 0.1) is 0 Å². The maximum atomic E-state index is 12.8. The maximum Gasteiger partial charge on any atom is 0.278 e. The van der Waals surface area contributed by atoms with Gasteiger partial charge in [-0.1, -0.05) is 36.4 Å². The Kier molecular flexibility index (Phi) is 6.29. The van der Waals surface area contributed by atoms with Crippen LogP contribution in [0.1, 0.15) is 29.3 Å². The van der Waals surface area contributed by atoms with Crippen molar-refractivity contribution in [3.8, 4) is 0 Å². The minimum absolute atomic E-state index is 0.0952. The average Bonchev–Trinajstić information content (AvgIpc) is 2.80. The predicted octanol–water partition coefficient (Wildman–Crippen LogP) is 1.91. The molecule has 2 aliphatic heterocycles. The van der Waals surface area contributed by atoms with Gasteiger partial charge in [0.25, 0.3) is 5.91 Å². The highest BCUT2D eigenvalue weighted by Gasteiger charge is 2.26. The van der Waals surface area contributed by atoms with Crippen molar-refractivity contribution in [1.29, 1.82) is 0 Å². The summed E-state index contributed by atoms with van der Waals surface area (Å²) in [6.07, 6.45) is 3.13. The third kappa shape index (κ3) is 4.79. The molecule has 2 heterocycles. The van der Waals surface area contributed by atoms with E-state index < -0.39 is 0 Å². The number of carbonyl (C=O) groups excluding carboxylic acids is 2. The molecule has 0 unspecified atom stereocenters. The lowest BCUT2D eigenvalue weighted by Crippen LogP contribution is -3.15. The Hall–Kier alpha value is -2.92. The fraction of sp³-hybridized carbons (Fsp3) is 0.360. The van der Waals surface area contributed by atoms with Gasteiger partial charge >= 0.3 is 0 Å². The van der Waals surface area contributed by atoms with Crippen LogP contribution in [0.25, 0.3) is 5.57 Å². The van der Waals surface area contributed by atoms with Crippen LogP contribution in [0.2, 0.25) is 0 Å². The van der Waals surface area contributed by atoms with Crippen LogP contribution < -0.4 is 9.80 Å². The molecule has 1 N–H and O–H groups in total. The van der Waals surface area contributed by atoms with Gasteiger partial charge in [0.2, 0.25) is 0 Å². The molecule has 0 aliphatic carbocycles. The van der Waals surface area contributed by atoms with E-state index in [1.807, 2.05) is 35.2 Å². The van der Waals surface area contributed by atoms with Crippen LogP contribution in [0.5, 0.6) is 0 Å². The van der Waals surface area contributed by atoms with Gasteiger partial charge in [-0.3, -0.25) is 9.59 Å². The first-order valence-corrected chi connectivity index (χ1v) is 10.8. The van der Waals surface area contributed by atoms with E-state index in [0.29, 0.717) is 13.1 Å². The molecule has 1 saturated heterocycles. The molecule has 0 saturated carbocycles. The van der Waals surface area contributed by atoms with Crippen molar-refractivity contribution in [2.75, 3.05) is 50.7 Å². The smallest absolute Gasteiger partial charge is 0.278 e. The van der Waals surface area contributed by atoms with Crippen molar-refractivity contribution in [2.45, 2.75) is 13.3 Å². The van der Waals surface area contributed by atoms with Crippen molar-refractivity contribution in [2.24, 2.45) is 0 Å². The van der Waals surface area contributed by atoms with E-state index in [0.717, 1.165) is 50.4 Å². The molecule has 0 atom stereocenters. The fourth-order valence-corrected chi connectivity index (χ4v) is 4.30. The van der Waals surface area contributed by atoms with E-state index in [1.54, 1.807) is 6.92 Å². The Balaban J connectivity index is 1.26. The first-order valence-electron chi connectivity index (χ1n) is 10.8. The lowest BCUT2D eigenvalue weighted by atomic mass is 9.99. The van der Waals surface area contributed by atoms with Crippen LogP contribution >= 0.6 is 0 Å². The lowest BCUT2D eigenvalue weighted by Gasteiger charge is -2.34. The average molecular weight is 405 g/mol. The van der Waals surface area contributed by atoms with Crippen molar-refractivity contribution >= 4 is 23.0 Å². The molecule has 1 amide bonds. The standard InChI is InChI=1S/C25H29N3O2/c1-20(29)21-7-9-24(10-8-21)27-17-15-26(16-18-27)19-25(30)28-13-11-23(12-14-28)22-5-3-2-4-6-22/h2-11H,12-19H2,1H3/p+1. The number of hydrogen-bond acceptors (Lipinski definition) is 3. The topological polar surface area (TPSA) is 45.1 Å². The van der Waals surface area contributed by atoms with Crippen molar-refractivity contribution in [3.05, 3.63) is 71.8 Å². The zero-order valence-electron chi connectivity index (χ0n) is 17.6. The van der Waals surface area contributed by atoms with E-state index in [-0.39, 0.29) is 11.7 Å². The summed E-state index contributed by atoms with van der Waals surface area (Å²) in [6, 6.07) is 18.3. The van der Waals surface area contributed by atoms with Crippen LogP contribution in [-0.4, -0.2) is 62.4 Å². The Morgan fingerprint density at radius 2 is 1.63 bits per heavy atom. The van der Waals surface area contributed by atoms with E-state index in [2.05, 4.69) is 35.2 Å². The van der Waals surface area contributed by atoms with Gasteiger partial charge in [-0.2, -0.15) is 0 Å². The molecule has 0 bridgehead atoms. The molecule has 1 fully saturated rings. The Labute approximate surface area is 178 Å². The highest BCUT2D eigenvalue weighted by Crippen LogP contribution is 2.22. The zero-order valence-corrected chi connectivity index (χ0v) is 17.6. The van der Waals surface area contributed by atoms with Gasteiger partial charge in [0, 0.05) is 24.3 Å². The van der Waals surface area contributed by atoms with Gasteiger partial charge in [-0.25, -0.2) is 0 Å². The Morgan fingerprint density at radius 3 is 2.23 bits per heavy atom. The predicted molar refractivity (Wildman–Crippen MR) is 120 cm³/mol. The molecule has 2 aromatic carbocycles. The minimum atomic E-state index is 0.0952. The SMILES string of the molecule is CC(=O)c1ccc(N2CC[NH+](CC(=O)N3CC=C(c4ccccc4)CC3)CC2)cc1. The zero-order chi connectivity index (χ0) is 20.9. The molecule has 0 spiro atoms. The molecule has 2 aliphatic rings. The number of nitrogens with zero attached hydrogens (tertiary/aromatic N) is 2. The minimum Gasteiger partial charge on any atom is -0.360 e. The molecule has 5 nitrogen and oxygen atoms in total. The van der Waals surface area contributed by atoms with Gasteiger partial charge in [-0.15, -0.1) is 0 Å². The number of rotatable bonds is 5. The monoisotopic (exact) mass is 404 g/mol. The highest BCUT2D eigenvalue weighted by molar-refractivity contribution is 5.94. The quantitative estimate of drug-likeness (QED) is 0.775. The maximum absolute atomic E-state index is 12.8. The second-order valence-corrected chi connectivity index (χ2v) is 8.20. The summed E-state index contributed by atoms with van der Waals surface area (Å²) in [6.45, 7) is 7.46. The second kappa shape index (κ2) is 9.26. The van der Waals surface area contributed by atoms with Gasteiger partial charge in [0.15, 0.2) is 12.3 Å². The molecule has 30 heavy (non-hydrogen) atoms. The summed E-state index contributed by atoms with van der Waals surface area (Å²) in [5, 5.41) is 0. The number of hydrogen-bond donors (Lipinski definition) is 1. The Bertz CT molecular complexity index is 913. The number of amides is 1. The molecular weight excluding hydrogens is 374 g/mol. The summed E-state index contributed by atoms with van der Waals surface area (Å²) in [5.41, 5.74) is 4.51. The first kappa shape index (κ1) is 20.4. The lowest BCUT2D eigenvalue weighted by molar-refractivity contribution is -0.892. The van der Waals surface area contributed by atoms with Crippen molar-refractivity contribution < 1.29 is 14.5 Å². The fourth-order valence-electron chi connectivity index (χ4n) is 4.30. The number of anilines is 1. The number of ketones is 1. The number of Topliss-reactive ketones (excluding diaryl/α,β-unsaturated/α-hetero) is 1. The van der Waals surface area contributed by atoms with Crippen molar-refractivity contribution in [1.82, 2.24) is 4.90 Å². The summed E-state index contributed by atoms with van der Waals surface area (Å²) in [5.74, 6) is 0.352. The number of benzene rings is 2. The van der Waals surface area contributed by atoms with E-state index in [9.17, 15) is 9.59 Å². The molecule has 156 valence electrons. The summed E-state index contributed by atoms with van der Waals surface area (Å²) in [7, 11) is 0. The molecule has 4 rings (SSSR count). The molecule has 2 aromatic rings. The van der Waals surface area contributed by atoms with Crippen molar-refractivity contribution in [3.63, 3.8) is 0 Å². The second-order valence-electron chi connectivity index (χ2n) is 8.20. The van der Waals surface area contributed by atoms with E-state index in [1.165, 1.54) is 16.0 Å². The number of carbonyl (C=O) groups is 2. The van der Waals surface area contributed by atoms with Crippen LogP contribution in [0.15, 0.2) is 60.7 Å². The molecule has 0 radical (unpaired) electrons. The number of quaternary nitrogens is 1. The molecular formula is C25H30N3O2+. The highest BCUT2D eigenvalue weighted by atomic mass is 16.2. The Morgan fingerprint density at radius 1 is 0.933 bits per heavy atom. The summed E-state index contributed by atoms with van der Waals surface area (Å²) >= 11 is 0. The number of piperazine rings is 1. The van der Waals surface area contributed by atoms with Crippen LogP contribution in [0.3, 0.4) is 0 Å². The third-order valence-electron chi connectivity index (χ3n) is 6.22. The van der Waals surface area contributed by atoms with E-state index in [4.69, 9.17) is 0 Å². The van der Waals surface area contributed by atoms with Crippen LogP contribution in [0.4, 0.5) is 5.69 Å². The van der Waals surface area contributed by atoms with Gasteiger partial charge in [0.1, 0.15) is 0 Å². The van der Waals surface area contributed by atoms with Crippen LogP contribution in [-0.2, 0) is 4.79 Å².